The van der Waals surface area contributed by atoms with Crippen molar-refractivity contribution in [1.82, 2.24) is 9.29 Å². The van der Waals surface area contributed by atoms with Gasteiger partial charge in [0, 0.05) is 19.3 Å². The number of sulfonamides is 1. The Bertz CT molecular complexity index is 886. The Morgan fingerprint density at radius 2 is 2.12 bits per heavy atom. The Morgan fingerprint density at radius 1 is 1.36 bits per heavy atom. The van der Waals surface area contributed by atoms with Crippen molar-refractivity contribution in [3.05, 3.63) is 53.3 Å². The summed E-state index contributed by atoms with van der Waals surface area (Å²) in [6.45, 7) is 1.95. The predicted molar refractivity (Wildman–Crippen MR) is 93.8 cm³/mol. The molecule has 0 radical (unpaired) electrons. The van der Waals surface area contributed by atoms with Gasteiger partial charge in [-0.25, -0.2) is 17.9 Å². The van der Waals surface area contributed by atoms with Crippen LogP contribution in [0.1, 0.15) is 47.4 Å². The number of hydrogen-bond acceptors (Lipinski definition) is 4. The fourth-order valence-corrected chi connectivity index (χ4v) is 4.54. The summed E-state index contributed by atoms with van der Waals surface area (Å²) in [5, 5.41) is 0. The first kappa shape index (κ1) is 17.7. The second kappa shape index (κ2) is 7.01. The normalized spacial score (nSPS) is 17.1. The molecule has 0 spiro atoms. The van der Waals surface area contributed by atoms with Crippen molar-refractivity contribution >= 4 is 16.0 Å². The fraction of sp³-hybridized carbons (Fsp3) is 0.389. The number of esters is 1. The summed E-state index contributed by atoms with van der Waals surface area (Å²) in [5.74, 6) is -0.533. The summed E-state index contributed by atoms with van der Waals surface area (Å²) in [6, 6.07) is 9.01. The molecule has 0 fully saturated rings. The molecule has 6 nitrogen and oxygen atoms in total. The van der Waals surface area contributed by atoms with E-state index in [1.807, 2.05) is 24.3 Å². The van der Waals surface area contributed by atoms with E-state index in [0.29, 0.717) is 0 Å². The quantitative estimate of drug-likeness (QED) is 0.829. The van der Waals surface area contributed by atoms with Crippen molar-refractivity contribution in [3.63, 3.8) is 0 Å². The molecule has 7 heteroatoms. The molecule has 1 N–H and O–H groups in total. The molecular formula is C18H22N2O4S. The number of rotatable bonds is 5. The van der Waals surface area contributed by atoms with Crippen LogP contribution >= 0.6 is 0 Å². The van der Waals surface area contributed by atoms with E-state index in [0.717, 1.165) is 24.8 Å². The number of ether oxygens (including phenoxy) is 1. The van der Waals surface area contributed by atoms with Gasteiger partial charge in [-0.05, 0) is 43.4 Å². The van der Waals surface area contributed by atoms with Crippen molar-refractivity contribution in [1.29, 1.82) is 0 Å². The molecule has 134 valence electrons. The van der Waals surface area contributed by atoms with Gasteiger partial charge in [-0.1, -0.05) is 24.3 Å². The number of nitrogens with zero attached hydrogens (tertiary/aromatic N) is 1. The molecule has 2 aromatic rings. The average Bonchev–Trinajstić information content (AvgIpc) is 2.98. The molecule has 1 aliphatic rings. The molecule has 0 saturated carbocycles. The van der Waals surface area contributed by atoms with Crippen LogP contribution in [0.25, 0.3) is 0 Å². The average molecular weight is 362 g/mol. The van der Waals surface area contributed by atoms with E-state index in [4.69, 9.17) is 4.74 Å². The Kier molecular flexibility index (Phi) is 4.96. The number of nitrogens with one attached hydrogen (secondary N) is 1. The highest BCUT2D eigenvalue weighted by atomic mass is 32.2. The summed E-state index contributed by atoms with van der Waals surface area (Å²) >= 11 is 0. The van der Waals surface area contributed by atoms with E-state index >= 15 is 0 Å². The highest BCUT2D eigenvalue weighted by molar-refractivity contribution is 7.89. The number of hydrogen-bond donors (Lipinski definition) is 1. The van der Waals surface area contributed by atoms with Gasteiger partial charge in [0.05, 0.1) is 6.61 Å². The lowest BCUT2D eigenvalue weighted by Crippen LogP contribution is -2.30. The minimum Gasteiger partial charge on any atom is -0.461 e. The van der Waals surface area contributed by atoms with E-state index in [1.54, 1.807) is 14.0 Å². The summed E-state index contributed by atoms with van der Waals surface area (Å²) < 4.78 is 34.8. The van der Waals surface area contributed by atoms with E-state index in [1.165, 1.54) is 22.4 Å². The second-order valence-electron chi connectivity index (χ2n) is 6.16. The molecule has 1 aliphatic carbocycles. The summed E-state index contributed by atoms with van der Waals surface area (Å²) in [6.07, 6.45) is 4.09. The maximum Gasteiger partial charge on any atom is 0.354 e. The number of carbonyl (C=O) groups excluding carboxylic acids is 1. The van der Waals surface area contributed by atoms with Crippen molar-refractivity contribution in [2.24, 2.45) is 7.05 Å². The summed E-state index contributed by atoms with van der Waals surface area (Å²) in [4.78, 5) is 12.0. The maximum absolute atomic E-state index is 12.8. The van der Waals surface area contributed by atoms with Gasteiger partial charge in [-0.3, -0.25) is 0 Å². The van der Waals surface area contributed by atoms with Crippen LogP contribution in [-0.4, -0.2) is 25.6 Å². The SMILES string of the molecule is CCOC(=O)c1cc(S(=O)(=O)NC2CCCc3ccccc32)cn1C. The largest absolute Gasteiger partial charge is 0.461 e. The molecule has 1 aromatic heterocycles. The Morgan fingerprint density at radius 3 is 2.88 bits per heavy atom. The fourth-order valence-electron chi connectivity index (χ4n) is 3.22. The second-order valence-corrected chi connectivity index (χ2v) is 7.87. The van der Waals surface area contributed by atoms with Crippen molar-refractivity contribution in [3.8, 4) is 0 Å². The van der Waals surface area contributed by atoms with Crippen LogP contribution < -0.4 is 4.72 Å². The first-order chi connectivity index (χ1) is 11.9. The summed E-state index contributed by atoms with van der Waals surface area (Å²) in [7, 11) is -2.11. The van der Waals surface area contributed by atoms with E-state index in [9.17, 15) is 13.2 Å². The van der Waals surface area contributed by atoms with Crippen molar-refractivity contribution in [2.75, 3.05) is 6.61 Å². The minimum atomic E-state index is -3.73. The molecule has 0 amide bonds. The molecule has 0 bridgehead atoms. The first-order valence-electron chi connectivity index (χ1n) is 8.36. The zero-order chi connectivity index (χ0) is 18.0. The lowest BCUT2D eigenvalue weighted by Gasteiger charge is -2.25. The standard InChI is InChI=1S/C18H22N2O4S/c1-3-24-18(21)17-11-14(12-20(17)2)25(22,23)19-16-10-6-8-13-7-4-5-9-15(13)16/h4-5,7,9,11-12,16,19H,3,6,8,10H2,1-2H3. The van der Waals surface area contributed by atoms with Gasteiger partial charge in [0.15, 0.2) is 0 Å². The Labute approximate surface area is 147 Å². The molecule has 25 heavy (non-hydrogen) atoms. The molecule has 1 aromatic carbocycles. The third-order valence-corrected chi connectivity index (χ3v) is 5.88. The van der Waals surface area contributed by atoms with Gasteiger partial charge in [0.2, 0.25) is 10.0 Å². The lowest BCUT2D eigenvalue weighted by molar-refractivity contribution is 0.0515. The maximum atomic E-state index is 12.8. The van der Waals surface area contributed by atoms with Crippen LogP contribution in [0, 0.1) is 0 Å². The van der Waals surface area contributed by atoms with Crippen molar-refractivity contribution in [2.45, 2.75) is 37.1 Å². The van der Waals surface area contributed by atoms with E-state index in [-0.39, 0.29) is 23.2 Å². The van der Waals surface area contributed by atoms with Gasteiger partial charge in [0.25, 0.3) is 0 Å². The molecule has 0 saturated heterocycles. The molecule has 3 rings (SSSR count). The van der Waals surface area contributed by atoms with Crippen LogP contribution in [0.15, 0.2) is 41.4 Å². The molecule has 0 aliphatic heterocycles. The Balaban J connectivity index is 1.86. The highest BCUT2D eigenvalue weighted by Crippen LogP contribution is 2.31. The molecule has 1 unspecified atom stereocenters. The lowest BCUT2D eigenvalue weighted by atomic mass is 9.88. The molecule has 1 heterocycles. The number of fused-ring (bicyclic) bond motifs is 1. The third kappa shape index (κ3) is 3.62. The minimum absolute atomic E-state index is 0.0705. The van der Waals surface area contributed by atoms with Gasteiger partial charge in [0.1, 0.15) is 10.6 Å². The van der Waals surface area contributed by atoms with Crippen LogP contribution in [-0.2, 0) is 28.2 Å². The zero-order valence-electron chi connectivity index (χ0n) is 14.4. The molecular weight excluding hydrogens is 340 g/mol. The van der Waals surface area contributed by atoms with Gasteiger partial charge in [-0.2, -0.15) is 0 Å². The first-order valence-corrected chi connectivity index (χ1v) is 9.84. The Hall–Kier alpha value is -2.12. The predicted octanol–water partition coefficient (Wildman–Crippen LogP) is 2.56. The van der Waals surface area contributed by atoms with Crippen LogP contribution in [0.5, 0.6) is 0 Å². The van der Waals surface area contributed by atoms with Crippen molar-refractivity contribution < 1.29 is 17.9 Å². The van der Waals surface area contributed by atoms with Gasteiger partial charge in [-0.15, -0.1) is 0 Å². The van der Waals surface area contributed by atoms with Crippen LogP contribution in [0.3, 0.4) is 0 Å². The topological polar surface area (TPSA) is 77.4 Å². The third-order valence-electron chi connectivity index (χ3n) is 4.44. The number of benzene rings is 1. The summed E-state index contributed by atoms with van der Waals surface area (Å²) in [5.41, 5.74) is 2.42. The number of carbonyl (C=O) groups is 1. The highest BCUT2D eigenvalue weighted by Gasteiger charge is 2.27. The van der Waals surface area contributed by atoms with E-state index < -0.39 is 16.0 Å². The van der Waals surface area contributed by atoms with Crippen LogP contribution in [0.2, 0.25) is 0 Å². The van der Waals surface area contributed by atoms with E-state index in [2.05, 4.69) is 4.72 Å². The zero-order valence-corrected chi connectivity index (χ0v) is 15.2. The smallest absolute Gasteiger partial charge is 0.354 e. The number of aryl methyl sites for hydroxylation is 2. The molecule has 1 atom stereocenters. The van der Waals surface area contributed by atoms with Crippen LogP contribution in [0.4, 0.5) is 0 Å². The van der Waals surface area contributed by atoms with Gasteiger partial charge >= 0.3 is 5.97 Å². The monoisotopic (exact) mass is 362 g/mol. The van der Waals surface area contributed by atoms with Gasteiger partial charge < -0.3 is 9.30 Å². The number of aromatic nitrogens is 1.